The number of hydrogen-bond acceptors (Lipinski definition) is 6. The van der Waals surface area contributed by atoms with Gasteiger partial charge in [0, 0.05) is 6.42 Å². The van der Waals surface area contributed by atoms with E-state index < -0.39 is 32.4 Å². The van der Waals surface area contributed by atoms with E-state index in [0.717, 1.165) is 0 Å². The molecular weight excluding hydrogens is 364 g/mol. The van der Waals surface area contributed by atoms with Crippen molar-refractivity contribution in [3.05, 3.63) is 60.7 Å². The fraction of sp³-hybridized carbons (Fsp3) is 0.294. The van der Waals surface area contributed by atoms with Gasteiger partial charge in [0.05, 0.1) is 22.0 Å². The molecule has 8 heteroatoms. The molecule has 0 aliphatic rings. The summed E-state index contributed by atoms with van der Waals surface area (Å²) in [5, 5.41) is 0. The third kappa shape index (κ3) is 5.64. The summed E-state index contributed by atoms with van der Waals surface area (Å²) in [5.74, 6) is 0. The van der Waals surface area contributed by atoms with Gasteiger partial charge in [-0.25, -0.2) is 0 Å². The van der Waals surface area contributed by atoms with E-state index in [1.54, 1.807) is 50.2 Å². The lowest BCUT2D eigenvalue weighted by Gasteiger charge is -2.18. The molecule has 0 aliphatic carbocycles. The standard InChI is InChI=1S/C17H20O6S2/c1-14(22-24(18,19)16-9-5-3-6-10-16)13-15(2)23-25(20,21)17-11-7-4-8-12-17/h3-12,14-15H,13H2,1-2H3/t14-,15+. The second-order valence-electron chi connectivity index (χ2n) is 5.58. The Balaban J connectivity index is 1.98. The zero-order chi connectivity index (χ0) is 18.5. The van der Waals surface area contributed by atoms with Crippen molar-refractivity contribution in [3.63, 3.8) is 0 Å². The van der Waals surface area contributed by atoms with Crippen LogP contribution < -0.4 is 0 Å². The summed E-state index contributed by atoms with van der Waals surface area (Å²) in [4.78, 5) is 0.0969. The number of hydrogen-bond donors (Lipinski definition) is 0. The summed E-state index contributed by atoms with van der Waals surface area (Å²) in [5.41, 5.74) is 0. The quantitative estimate of drug-likeness (QED) is 0.650. The van der Waals surface area contributed by atoms with Gasteiger partial charge in [-0.05, 0) is 38.1 Å². The van der Waals surface area contributed by atoms with Gasteiger partial charge in [-0.2, -0.15) is 16.8 Å². The molecule has 2 aromatic rings. The van der Waals surface area contributed by atoms with Gasteiger partial charge in [0.25, 0.3) is 20.2 Å². The van der Waals surface area contributed by atoms with Crippen LogP contribution in [0, 0.1) is 0 Å². The first-order chi connectivity index (χ1) is 11.7. The van der Waals surface area contributed by atoms with Crippen molar-refractivity contribution in [2.75, 3.05) is 0 Å². The Morgan fingerprint density at radius 3 is 1.32 bits per heavy atom. The summed E-state index contributed by atoms with van der Waals surface area (Å²) in [6.45, 7) is 3.10. The van der Waals surface area contributed by atoms with Crippen LogP contribution in [-0.2, 0) is 28.6 Å². The molecule has 0 bridgehead atoms. The third-order valence-electron chi connectivity index (χ3n) is 3.31. The van der Waals surface area contributed by atoms with E-state index in [1.807, 2.05) is 0 Å². The fourth-order valence-electron chi connectivity index (χ4n) is 2.26. The summed E-state index contributed by atoms with van der Waals surface area (Å²) >= 11 is 0. The van der Waals surface area contributed by atoms with Gasteiger partial charge < -0.3 is 0 Å². The lowest BCUT2D eigenvalue weighted by molar-refractivity contribution is 0.140. The SMILES string of the molecule is C[C@H](C[C@H](C)OS(=O)(=O)c1ccccc1)OS(=O)(=O)c1ccccc1. The highest BCUT2D eigenvalue weighted by atomic mass is 32.2. The van der Waals surface area contributed by atoms with Gasteiger partial charge in [-0.15, -0.1) is 0 Å². The van der Waals surface area contributed by atoms with Gasteiger partial charge in [-0.3, -0.25) is 8.37 Å². The van der Waals surface area contributed by atoms with Crippen molar-refractivity contribution in [3.8, 4) is 0 Å². The molecule has 0 spiro atoms. The molecule has 0 aromatic heterocycles. The molecule has 0 unspecified atom stereocenters. The highest BCUT2D eigenvalue weighted by molar-refractivity contribution is 7.87. The zero-order valence-corrected chi connectivity index (χ0v) is 15.5. The van der Waals surface area contributed by atoms with E-state index in [2.05, 4.69) is 0 Å². The molecular formula is C17H20O6S2. The Kier molecular flexibility index (Phi) is 6.34. The van der Waals surface area contributed by atoms with Crippen LogP contribution in [0.25, 0.3) is 0 Å². The Bertz CT molecular complexity index is 802. The predicted molar refractivity (Wildman–Crippen MR) is 93.0 cm³/mol. The maximum atomic E-state index is 12.1. The summed E-state index contributed by atoms with van der Waals surface area (Å²) in [7, 11) is -7.81. The maximum Gasteiger partial charge on any atom is 0.297 e. The molecule has 0 heterocycles. The lowest BCUT2D eigenvalue weighted by atomic mass is 10.2. The first-order valence-corrected chi connectivity index (χ1v) is 10.5. The zero-order valence-electron chi connectivity index (χ0n) is 13.9. The van der Waals surface area contributed by atoms with Gasteiger partial charge >= 0.3 is 0 Å². The molecule has 0 N–H and O–H groups in total. The van der Waals surface area contributed by atoms with Crippen molar-refractivity contribution in [2.24, 2.45) is 0 Å². The molecule has 25 heavy (non-hydrogen) atoms. The molecule has 0 saturated carbocycles. The minimum Gasteiger partial charge on any atom is -0.263 e. The number of rotatable bonds is 8. The van der Waals surface area contributed by atoms with E-state index >= 15 is 0 Å². The van der Waals surface area contributed by atoms with Crippen LogP contribution in [0.3, 0.4) is 0 Å². The molecule has 136 valence electrons. The van der Waals surface area contributed by atoms with E-state index in [9.17, 15) is 16.8 Å². The second-order valence-corrected chi connectivity index (χ2v) is 8.73. The molecule has 0 amide bonds. The largest absolute Gasteiger partial charge is 0.297 e. The van der Waals surface area contributed by atoms with Crippen LogP contribution in [0.1, 0.15) is 20.3 Å². The van der Waals surface area contributed by atoms with Crippen molar-refractivity contribution < 1.29 is 25.2 Å². The van der Waals surface area contributed by atoms with Crippen LogP contribution in [0.2, 0.25) is 0 Å². The molecule has 0 aliphatic heterocycles. The van der Waals surface area contributed by atoms with Crippen molar-refractivity contribution >= 4 is 20.2 Å². The molecule has 0 saturated heterocycles. The molecule has 2 atom stereocenters. The Morgan fingerprint density at radius 2 is 1.00 bits per heavy atom. The van der Waals surface area contributed by atoms with E-state index in [0.29, 0.717) is 0 Å². The van der Waals surface area contributed by atoms with Gasteiger partial charge in [0.1, 0.15) is 0 Å². The third-order valence-corrected chi connectivity index (χ3v) is 6.17. The van der Waals surface area contributed by atoms with Crippen LogP contribution >= 0.6 is 0 Å². The first-order valence-electron chi connectivity index (χ1n) is 7.67. The number of benzene rings is 2. The minimum atomic E-state index is -3.91. The van der Waals surface area contributed by atoms with Gasteiger partial charge in [0.15, 0.2) is 0 Å². The summed E-state index contributed by atoms with van der Waals surface area (Å²) in [6, 6.07) is 15.5. The van der Waals surface area contributed by atoms with Crippen LogP contribution in [0.5, 0.6) is 0 Å². The Labute approximate surface area is 148 Å². The van der Waals surface area contributed by atoms with Crippen molar-refractivity contribution in [2.45, 2.75) is 42.3 Å². The highest BCUT2D eigenvalue weighted by Gasteiger charge is 2.24. The molecule has 0 radical (unpaired) electrons. The van der Waals surface area contributed by atoms with Crippen molar-refractivity contribution in [1.82, 2.24) is 0 Å². The molecule has 2 aromatic carbocycles. The van der Waals surface area contributed by atoms with Crippen LogP contribution in [-0.4, -0.2) is 29.0 Å². The highest BCUT2D eigenvalue weighted by Crippen LogP contribution is 2.19. The topological polar surface area (TPSA) is 86.7 Å². The smallest absolute Gasteiger partial charge is 0.263 e. The lowest BCUT2D eigenvalue weighted by Crippen LogP contribution is -2.24. The predicted octanol–water partition coefficient (Wildman–Crippen LogP) is 2.96. The first kappa shape index (κ1) is 19.6. The summed E-state index contributed by atoms with van der Waals surface area (Å²) in [6.07, 6.45) is -1.39. The van der Waals surface area contributed by atoms with Crippen LogP contribution in [0.15, 0.2) is 70.5 Å². The Morgan fingerprint density at radius 1 is 0.680 bits per heavy atom. The van der Waals surface area contributed by atoms with Crippen LogP contribution in [0.4, 0.5) is 0 Å². The molecule has 2 rings (SSSR count). The van der Waals surface area contributed by atoms with Gasteiger partial charge in [-0.1, -0.05) is 36.4 Å². The molecule has 0 fully saturated rings. The second kappa shape index (κ2) is 8.09. The van der Waals surface area contributed by atoms with E-state index in [1.165, 1.54) is 24.3 Å². The Hall–Kier alpha value is -1.74. The maximum absolute atomic E-state index is 12.1. The minimum absolute atomic E-state index is 0.0485. The summed E-state index contributed by atoms with van der Waals surface area (Å²) < 4.78 is 58.8. The fourth-order valence-corrected chi connectivity index (χ4v) is 4.49. The molecule has 6 nitrogen and oxygen atoms in total. The monoisotopic (exact) mass is 384 g/mol. The average molecular weight is 384 g/mol. The van der Waals surface area contributed by atoms with E-state index in [4.69, 9.17) is 8.37 Å². The van der Waals surface area contributed by atoms with E-state index in [-0.39, 0.29) is 16.2 Å². The average Bonchev–Trinajstić information content (AvgIpc) is 2.55. The van der Waals surface area contributed by atoms with Gasteiger partial charge in [0.2, 0.25) is 0 Å². The van der Waals surface area contributed by atoms with Crippen molar-refractivity contribution in [1.29, 1.82) is 0 Å². The normalized spacial score (nSPS) is 14.8.